The topological polar surface area (TPSA) is 131 Å². The van der Waals surface area contributed by atoms with Crippen molar-refractivity contribution < 1.29 is 28.3 Å². The van der Waals surface area contributed by atoms with Crippen LogP contribution in [0.2, 0.25) is 0 Å². The van der Waals surface area contributed by atoms with Gasteiger partial charge < -0.3 is 33.5 Å². The maximum absolute atomic E-state index is 14.2. The van der Waals surface area contributed by atoms with E-state index in [-0.39, 0.29) is 43.2 Å². The number of fused-ring (bicyclic) bond motifs is 3. The van der Waals surface area contributed by atoms with Crippen molar-refractivity contribution in [1.82, 2.24) is 14.4 Å². The molecule has 0 unspecified atom stereocenters. The highest BCUT2D eigenvalue weighted by Crippen LogP contribution is 2.42. The highest BCUT2D eigenvalue weighted by Gasteiger charge is 2.30. The van der Waals surface area contributed by atoms with E-state index in [1.54, 1.807) is 28.0 Å². The number of carboxylic acid groups (broad SMARTS) is 1. The molecule has 2 aliphatic heterocycles. The number of carboxylic acids is 1. The monoisotopic (exact) mass is 798 g/mol. The predicted octanol–water partition coefficient (Wildman–Crippen LogP) is 7.11. The van der Waals surface area contributed by atoms with Crippen molar-refractivity contribution in [3.05, 3.63) is 111 Å². The third-order valence-corrected chi connectivity index (χ3v) is 11.6. The zero-order valence-electron chi connectivity index (χ0n) is 34.7. The Labute approximate surface area is 343 Å². The van der Waals surface area contributed by atoms with Crippen molar-refractivity contribution in [3.8, 4) is 22.5 Å². The molecule has 7 rings (SSSR count). The predicted molar refractivity (Wildman–Crippen MR) is 233 cm³/mol. The van der Waals surface area contributed by atoms with E-state index >= 15 is 0 Å². The SMILES string of the molecule is CCN(CC)c1ccc2cc(C(=O)N3CCN(C(=O)c4ccc(C(=O)O)c(-c5c6ccc(=[N+](CC)CC)cc-6oc6cc(N(CC)CC)ccc56)c4)CC3)c(=O)oc2c1. The molecule has 3 aliphatic rings. The first-order valence-corrected chi connectivity index (χ1v) is 20.7. The molecule has 3 heterocycles. The molecular formula is C47H52N5O7+. The lowest BCUT2D eigenvalue weighted by Gasteiger charge is -2.34. The fourth-order valence-electron chi connectivity index (χ4n) is 8.30. The molecule has 1 fully saturated rings. The third-order valence-electron chi connectivity index (χ3n) is 11.6. The Morgan fingerprint density at radius 3 is 1.86 bits per heavy atom. The van der Waals surface area contributed by atoms with Gasteiger partial charge in [-0.3, -0.25) is 9.59 Å². The second-order valence-corrected chi connectivity index (χ2v) is 14.7. The lowest BCUT2D eigenvalue weighted by Crippen LogP contribution is -2.51. The molecule has 12 nitrogen and oxygen atoms in total. The third kappa shape index (κ3) is 7.79. The summed E-state index contributed by atoms with van der Waals surface area (Å²) in [5.74, 6) is -1.25. The van der Waals surface area contributed by atoms with Crippen LogP contribution >= 0.6 is 0 Å². The van der Waals surface area contributed by atoms with Gasteiger partial charge >= 0.3 is 11.6 Å². The first kappa shape index (κ1) is 40.8. The fourth-order valence-corrected chi connectivity index (χ4v) is 8.30. The van der Waals surface area contributed by atoms with Gasteiger partial charge in [0, 0.05) is 109 Å². The zero-order chi connectivity index (χ0) is 42.0. The maximum Gasteiger partial charge on any atom is 0.349 e. The normalized spacial score (nSPS) is 13.0. The lowest BCUT2D eigenvalue weighted by atomic mass is 9.89. The number of nitrogens with zero attached hydrogens (tertiary/aromatic N) is 5. The van der Waals surface area contributed by atoms with Gasteiger partial charge in [-0.05, 0) is 102 Å². The van der Waals surface area contributed by atoms with Crippen LogP contribution in [-0.4, -0.2) is 98.1 Å². The van der Waals surface area contributed by atoms with Crippen molar-refractivity contribution in [2.75, 3.05) is 75.2 Å². The summed E-state index contributed by atoms with van der Waals surface area (Å²) >= 11 is 0. The summed E-state index contributed by atoms with van der Waals surface area (Å²) in [6.45, 7) is 18.2. The van der Waals surface area contributed by atoms with Gasteiger partial charge in [0.2, 0.25) is 5.36 Å². The number of hydrogen-bond acceptors (Lipinski definition) is 8. The van der Waals surface area contributed by atoms with Gasteiger partial charge in [0.25, 0.3) is 11.8 Å². The number of benzene rings is 4. The second-order valence-electron chi connectivity index (χ2n) is 14.7. The largest absolute Gasteiger partial charge is 0.478 e. The average molecular weight is 799 g/mol. The average Bonchev–Trinajstić information content (AvgIpc) is 3.25. The van der Waals surface area contributed by atoms with Crippen LogP contribution in [0, 0.1) is 0 Å². The molecule has 306 valence electrons. The Hall–Kier alpha value is -6.43. The molecule has 1 saturated heterocycles. The Bertz CT molecular complexity index is 2660. The molecule has 1 aromatic heterocycles. The Morgan fingerprint density at radius 2 is 1.25 bits per heavy atom. The van der Waals surface area contributed by atoms with Gasteiger partial charge in [0.05, 0.1) is 11.6 Å². The van der Waals surface area contributed by atoms with Crippen LogP contribution in [0.1, 0.15) is 72.6 Å². The quantitative estimate of drug-likeness (QED) is 0.0782. The van der Waals surface area contributed by atoms with Crippen LogP contribution in [-0.2, 0) is 0 Å². The number of carbonyl (C=O) groups is 3. The van der Waals surface area contributed by atoms with Crippen molar-refractivity contribution in [1.29, 1.82) is 0 Å². The number of rotatable bonds is 12. The summed E-state index contributed by atoms with van der Waals surface area (Å²) < 4.78 is 14.5. The summed E-state index contributed by atoms with van der Waals surface area (Å²) in [5, 5.41) is 12.9. The minimum absolute atomic E-state index is 0.0516. The second kappa shape index (κ2) is 17.2. The molecule has 1 N–H and O–H groups in total. The van der Waals surface area contributed by atoms with E-state index in [1.807, 2.05) is 54.6 Å². The molecule has 0 bridgehead atoms. The molecule has 4 aromatic rings. The molecule has 2 amide bonds. The molecule has 59 heavy (non-hydrogen) atoms. The van der Waals surface area contributed by atoms with E-state index in [4.69, 9.17) is 8.83 Å². The van der Waals surface area contributed by atoms with Crippen LogP contribution in [0.3, 0.4) is 0 Å². The highest BCUT2D eigenvalue weighted by atomic mass is 16.4. The van der Waals surface area contributed by atoms with Gasteiger partial charge in [0.15, 0.2) is 0 Å². The molecule has 1 aliphatic carbocycles. The minimum atomic E-state index is -1.12. The van der Waals surface area contributed by atoms with Crippen LogP contribution in [0.15, 0.2) is 92.5 Å². The summed E-state index contributed by atoms with van der Waals surface area (Å²) in [6, 6.07) is 23.9. The number of aromatic carboxylic acids is 1. The minimum Gasteiger partial charge on any atom is -0.478 e. The molecule has 0 radical (unpaired) electrons. The fraction of sp³-hybridized carbons (Fsp3) is 0.340. The number of piperazine rings is 1. The van der Waals surface area contributed by atoms with Crippen molar-refractivity contribution in [2.24, 2.45) is 0 Å². The Kier molecular flexibility index (Phi) is 11.9. The molecule has 0 spiro atoms. The van der Waals surface area contributed by atoms with Crippen LogP contribution in [0.4, 0.5) is 11.4 Å². The van der Waals surface area contributed by atoms with Gasteiger partial charge in [-0.2, -0.15) is 0 Å². The highest BCUT2D eigenvalue weighted by molar-refractivity contribution is 6.09. The van der Waals surface area contributed by atoms with Crippen molar-refractivity contribution >= 4 is 51.1 Å². The molecule has 3 aromatic carbocycles. The van der Waals surface area contributed by atoms with Crippen LogP contribution in [0.25, 0.3) is 44.4 Å². The van der Waals surface area contributed by atoms with E-state index in [0.29, 0.717) is 39.0 Å². The lowest BCUT2D eigenvalue weighted by molar-refractivity contribution is 0.0533. The number of amides is 2. The number of hydrogen-bond donors (Lipinski definition) is 1. The number of anilines is 2. The van der Waals surface area contributed by atoms with Gasteiger partial charge in [0.1, 0.15) is 35.6 Å². The Morgan fingerprint density at radius 1 is 0.644 bits per heavy atom. The van der Waals surface area contributed by atoms with Crippen LogP contribution < -0.4 is 25.4 Å². The first-order valence-electron chi connectivity index (χ1n) is 20.7. The van der Waals surface area contributed by atoms with E-state index in [2.05, 4.69) is 55.9 Å². The van der Waals surface area contributed by atoms with Gasteiger partial charge in [-0.25, -0.2) is 14.2 Å². The molecule has 12 heteroatoms. The smallest absolute Gasteiger partial charge is 0.349 e. The molecule has 0 saturated carbocycles. The first-order chi connectivity index (χ1) is 28.5. The summed E-state index contributed by atoms with van der Waals surface area (Å²) in [4.78, 5) is 61.4. The Balaban J connectivity index is 1.21. The van der Waals surface area contributed by atoms with Crippen molar-refractivity contribution in [2.45, 2.75) is 41.5 Å². The van der Waals surface area contributed by atoms with Crippen LogP contribution in [0.5, 0.6) is 0 Å². The van der Waals surface area contributed by atoms with E-state index in [1.165, 1.54) is 6.07 Å². The molecule has 0 atom stereocenters. The summed E-state index contributed by atoms with van der Waals surface area (Å²) in [5.41, 5.74) is 4.37. The van der Waals surface area contributed by atoms with Crippen molar-refractivity contribution in [3.63, 3.8) is 0 Å². The van der Waals surface area contributed by atoms with E-state index in [9.17, 15) is 24.3 Å². The molecular weight excluding hydrogens is 747 g/mol. The standard InChI is InChI=1S/C47H51N5O7/c1-7-48(8-2)32-15-13-30-25-39(47(57)59-40(30)27-32)45(54)52-23-21-51(22-24-52)44(53)31-14-18-35(46(55)56)38(26-31)43-36-19-16-33(49(9-3)10-4)28-41(36)58-42-29-34(17-20-37(42)43)50(11-5)12-6/h13-20,25-29H,7-12,21-24H2,1-6H3/p+1. The van der Waals surface area contributed by atoms with E-state index in [0.717, 1.165) is 67.0 Å². The maximum atomic E-state index is 14.2. The summed E-state index contributed by atoms with van der Waals surface area (Å²) in [7, 11) is 0. The number of carbonyl (C=O) groups excluding carboxylic acids is 2. The van der Waals surface area contributed by atoms with Gasteiger partial charge in [-0.1, -0.05) is 0 Å². The van der Waals surface area contributed by atoms with Gasteiger partial charge in [-0.15, -0.1) is 0 Å². The summed E-state index contributed by atoms with van der Waals surface area (Å²) in [6.07, 6.45) is 0. The van der Waals surface area contributed by atoms with E-state index < -0.39 is 17.5 Å². The zero-order valence-corrected chi connectivity index (χ0v) is 34.7.